The Labute approximate surface area is 222 Å². The van der Waals surface area contributed by atoms with Crippen molar-refractivity contribution in [2.45, 2.75) is 63.2 Å². The van der Waals surface area contributed by atoms with Crippen LogP contribution in [0.2, 0.25) is 5.02 Å². The summed E-state index contributed by atoms with van der Waals surface area (Å²) in [7, 11) is -4.25. The summed E-state index contributed by atoms with van der Waals surface area (Å²) in [4.78, 5) is 36.7. The summed E-state index contributed by atoms with van der Waals surface area (Å²) in [5.41, 5.74) is -1.66. The lowest BCUT2D eigenvalue weighted by Crippen LogP contribution is -2.43. The van der Waals surface area contributed by atoms with Gasteiger partial charge in [-0.15, -0.1) is 11.6 Å². The molecule has 1 fully saturated rings. The molecule has 3 N–H and O–H groups in total. The highest BCUT2D eigenvalue weighted by Gasteiger charge is 2.54. The summed E-state index contributed by atoms with van der Waals surface area (Å²) in [5.74, 6) is -0.500. The fourth-order valence-corrected chi connectivity index (χ4v) is 5.44. The third kappa shape index (κ3) is 7.02. The Bertz CT molecular complexity index is 1270. The Hall–Kier alpha value is -2.18. The molecule has 0 radical (unpaired) electrons. The molecule has 0 aliphatic carbocycles. The average molecular weight is 580 g/mol. The van der Waals surface area contributed by atoms with Gasteiger partial charge in [0.15, 0.2) is 6.23 Å². The molecule has 15 heteroatoms. The highest BCUT2D eigenvalue weighted by atomic mass is 35.5. The number of alkyl halides is 1. The largest absolute Gasteiger partial charge is 0.462 e. The minimum Gasteiger partial charge on any atom is -0.462 e. The van der Waals surface area contributed by atoms with E-state index in [9.17, 15) is 24.1 Å². The number of para-hydroxylation sites is 1. The predicted octanol–water partition coefficient (Wildman–Crippen LogP) is 2.58. The number of aliphatic hydroxyl groups excluding tert-OH is 1. The molecule has 0 saturated carbocycles. The van der Waals surface area contributed by atoms with E-state index >= 15 is 0 Å². The molecule has 1 aromatic heterocycles. The number of nitrogens with zero attached hydrogens (tertiary/aromatic N) is 1. The van der Waals surface area contributed by atoms with Gasteiger partial charge in [-0.3, -0.25) is 23.7 Å². The number of aromatic nitrogens is 2. The number of carbonyl (C=O) groups excluding carboxylic acids is 1. The van der Waals surface area contributed by atoms with Gasteiger partial charge in [-0.25, -0.2) is 9.36 Å². The Morgan fingerprint density at radius 1 is 1.30 bits per heavy atom. The molecule has 2 aromatic rings. The zero-order valence-corrected chi connectivity index (χ0v) is 22.8. The first-order valence-corrected chi connectivity index (χ1v) is 13.5. The fourth-order valence-electron chi connectivity index (χ4n) is 3.49. The van der Waals surface area contributed by atoms with Gasteiger partial charge in [0.05, 0.1) is 12.7 Å². The second-order valence-electron chi connectivity index (χ2n) is 8.80. The minimum atomic E-state index is -4.25. The topological polar surface area (TPSA) is 158 Å². The SMILES string of the molecule is CC(C)OC(=O)C(C)NP(=O)(OCC1OC(n2cc(Cl)c(=O)[nH]c2=O)C(C)(Cl)C1O)Oc1ccccc1. The van der Waals surface area contributed by atoms with Crippen LogP contribution < -0.4 is 20.9 Å². The van der Waals surface area contributed by atoms with E-state index in [0.29, 0.717) is 0 Å². The monoisotopic (exact) mass is 579 g/mol. The number of nitrogens with one attached hydrogen (secondary N) is 2. The molecule has 0 amide bonds. The summed E-state index contributed by atoms with van der Waals surface area (Å²) >= 11 is 12.4. The second-order valence-corrected chi connectivity index (χ2v) is 11.7. The number of H-pyrrole nitrogens is 1. The number of rotatable bonds is 10. The number of benzene rings is 1. The van der Waals surface area contributed by atoms with Gasteiger partial charge < -0.3 is 19.1 Å². The maximum atomic E-state index is 13.6. The van der Waals surface area contributed by atoms with Crippen molar-refractivity contribution in [1.29, 1.82) is 0 Å². The van der Waals surface area contributed by atoms with Gasteiger partial charge in [0.25, 0.3) is 5.56 Å². The number of aromatic amines is 1. The van der Waals surface area contributed by atoms with Gasteiger partial charge in [0.1, 0.15) is 33.9 Å². The van der Waals surface area contributed by atoms with E-state index in [1.54, 1.807) is 32.0 Å². The lowest BCUT2D eigenvalue weighted by atomic mass is 10.0. The molecular formula is C22H28Cl2N3O9P. The maximum absolute atomic E-state index is 13.6. The van der Waals surface area contributed by atoms with Crippen molar-refractivity contribution in [3.8, 4) is 5.75 Å². The number of carbonyl (C=O) groups is 1. The highest BCUT2D eigenvalue weighted by molar-refractivity contribution is 7.52. The van der Waals surface area contributed by atoms with E-state index in [2.05, 4.69) is 5.09 Å². The molecule has 6 unspecified atom stereocenters. The zero-order valence-electron chi connectivity index (χ0n) is 20.4. The predicted molar refractivity (Wildman–Crippen MR) is 135 cm³/mol. The third-order valence-corrected chi connectivity index (χ3v) is 7.65. The third-order valence-electron chi connectivity index (χ3n) is 5.33. The summed E-state index contributed by atoms with van der Waals surface area (Å²) in [6.07, 6.45) is -3.27. The van der Waals surface area contributed by atoms with Gasteiger partial charge in [-0.2, -0.15) is 5.09 Å². The van der Waals surface area contributed by atoms with Gasteiger partial charge in [-0.1, -0.05) is 29.8 Å². The number of hydrogen-bond acceptors (Lipinski definition) is 9. The van der Waals surface area contributed by atoms with Crippen molar-refractivity contribution >= 4 is 36.9 Å². The molecule has 1 aromatic carbocycles. The maximum Gasteiger partial charge on any atom is 0.459 e. The molecule has 2 heterocycles. The number of aliphatic hydroxyl groups is 1. The Balaban J connectivity index is 1.82. The van der Waals surface area contributed by atoms with Crippen LogP contribution in [0.1, 0.15) is 33.9 Å². The van der Waals surface area contributed by atoms with Crippen molar-refractivity contribution in [1.82, 2.24) is 14.6 Å². The molecule has 12 nitrogen and oxygen atoms in total. The van der Waals surface area contributed by atoms with Gasteiger partial charge in [0, 0.05) is 6.20 Å². The van der Waals surface area contributed by atoms with Crippen LogP contribution in [0.25, 0.3) is 0 Å². The first-order chi connectivity index (χ1) is 17.2. The van der Waals surface area contributed by atoms with E-state index in [1.807, 2.05) is 4.98 Å². The lowest BCUT2D eigenvalue weighted by Gasteiger charge is -2.26. The lowest BCUT2D eigenvalue weighted by molar-refractivity contribution is -0.149. The van der Waals surface area contributed by atoms with E-state index in [0.717, 1.165) is 10.8 Å². The number of halogens is 2. The van der Waals surface area contributed by atoms with Crippen LogP contribution in [-0.4, -0.2) is 56.5 Å². The summed E-state index contributed by atoms with van der Waals surface area (Å²) in [6.45, 7) is 5.65. The smallest absolute Gasteiger partial charge is 0.459 e. The van der Waals surface area contributed by atoms with Gasteiger partial charge in [0.2, 0.25) is 0 Å². The van der Waals surface area contributed by atoms with Crippen molar-refractivity contribution in [2.75, 3.05) is 6.61 Å². The molecule has 0 bridgehead atoms. The molecule has 37 heavy (non-hydrogen) atoms. The van der Waals surface area contributed by atoms with Gasteiger partial charge in [-0.05, 0) is 39.8 Å². The van der Waals surface area contributed by atoms with E-state index in [-0.39, 0.29) is 10.8 Å². The standard InChI is InChI=1S/C22H28Cl2N3O9P/c1-12(2)34-19(30)13(3)26-37(32,36-14-8-6-5-7-9-14)33-11-16-17(28)22(4,24)20(35-16)27-10-15(23)18(29)25-21(27)31/h5-10,12-13,16-17,20,28H,11H2,1-4H3,(H,26,32)(H,25,29,31). The molecule has 1 aliphatic heterocycles. The molecule has 6 atom stereocenters. The molecule has 1 aliphatic rings. The zero-order chi connectivity index (χ0) is 27.5. The van der Waals surface area contributed by atoms with Crippen molar-refractivity contribution < 1.29 is 33.0 Å². The molecule has 3 rings (SSSR count). The van der Waals surface area contributed by atoms with Crippen LogP contribution in [0, 0.1) is 0 Å². The quantitative estimate of drug-likeness (QED) is 0.217. The molecular weight excluding hydrogens is 552 g/mol. The van der Waals surface area contributed by atoms with Gasteiger partial charge >= 0.3 is 19.4 Å². The first kappa shape index (κ1) is 29.4. The number of ether oxygens (including phenoxy) is 2. The van der Waals surface area contributed by atoms with Crippen LogP contribution in [-0.2, 0) is 23.4 Å². The van der Waals surface area contributed by atoms with Crippen LogP contribution in [0.5, 0.6) is 5.75 Å². The van der Waals surface area contributed by atoms with Crippen LogP contribution in [0.15, 0.2) is 46.1 Å². The Kier molecular flexibility index (Phi) is 9.28. The molecule has 1 saturated heterocycles. The summed E-state index contributed by atoms with van der Waals surface area (Å²) in [5, 5.41) is 13.1. The fraction of sp³-hybridized carbons (Fsp3) is 0.500. The van der Waals surface area contributed by atoms with Crippen molar-refractivity contribution in [3.05, 3.63) is 62.4 Å². The average Bonchev–Trinajstić information content (AvgIpc) is 3.03. The second kappa shape index (κ2) is 11.7. The van der Waals surface area contributed by atoms with Crippen LogP contribution in [0.3, 0.4) is 0 Å². The van der Waals surface area contributed by atoms with Crippen LogP contribution >= 0.6 is 30.9 Å². The van der Waals surface area contributed by atoms with Crippen LogP contribution in [0.4, 0.5) is 0 Å². The summed E-state index contributed by atoms with van der Waals surface area (Å²) in [6, 6.07) is 7.01. The van der Waals surface area contributed by atoms with E-state index in [1.165, 1.54) is 26.0 Å². The highest BCUT2D eigenvalue weighted by Crippen LogP contribution is 2.48. The van der Waals surface area contributed by atoms with E-state index < -0.39 is 67.0 Å². The summed E-state index contributed by atoms with van der Waals surface area (Å²) < 4.78 is 36.6. The molecule has 0 spiro atoms. The Morgan fingerprint density at radius 3 is 2.57 bits per heavy atom. The minimum absolute atomic E-state index is 0.185. The molecule has 204 valence electrons. The van der Waals surface area contributed by atoms with Crippen molar-refractivity contribution in [3.63, 3.8) is 0 Å². The normalized spacial score (nSPS) is 26.0. The first-order valence-electron chi connectivity index (χ1n) is 11.2. The van der Waals surface area contributed by atoms with E-state index in [4.69, 9.17) is 41.7 Å². The number of hydrogen-bond donors (Lipinski definition) is 3. The number of esters is 1. The Morgan fingerprint density at radius 2 is 1.95 bits per heavy atom. The van der Waals surface area contributed by atoms with Crippen molar-refractivity contribution in [2.24, 2.45) is 0 Å².